The van der Waals surface area contributed by atoms with Crippen molar-refractivity contribution in [1.29, 1.82) is 0 Å². The van der Waals surface area contributed by atoms with Crippen LogP contribution in [0.4, 0.5) is 9.18 Å². The smallest absolute Gasteiger partial charge is 0.407 e. The molecule has 3 N–H and O–H groups in total. The number of hydrogen-bond acceptors (Lipinski definition) is 4. The van der Waals surface area contributed by atoms with E-state index in [2.05, 4.69) is 5.32 Å². The first-order valence-corrected chi connectivity index (χ1v) is 6.69. The molecule has 1 aromatic carbocycles. The van der Waals surface area contributed by atoms with Gasteiger partial charge in [0.05, 0.1) is 0 Å². The van der Waals surface area contributed by atoms with E-state index in [4.69, 9.17) is 4.74 Å². The summed E-state index contributed by atoms with van der Waals surface area (Å²) in [5.41, 5.74) is 0.119. The average Bonchev–Trinajstić information content (AvgIpc) is 2.36. The number of hydrogen-bond donors (Lipinski definition) is 3. The molecule has 1 aromatic rings. The number of benzene rings is 1. The topological polar surface area (TPSA) is 78.8 Å². The van der Waals surface area contributed by atoms with Crippen LogP contribution in [0.2, 0.25) is 0 Å². The lowest BCUT2D eigenvalue weighted by Crippen LogP contribution is -2.38. The molecule has 0 spiro atoms. The predicted octanol–water partition coefficient (Wildman–Crippen LogP) is 2.05. The average molecular weight is 299 g/mol. The van der Waals surface area contributed by atoms with Crippen molar-refractivity contribution >= 4 is 6.09 Å². The molecule has 2 unspecified atom stereocenters. The number of halogens is 1. The van der Waals surface area contributed by atoms with Gasteiger partial charge in [-0.1, -0.05) is 12.1 Å². The summed E-state index contributed by atoms with van der Waals surface area (Å²) in [7, 11) is 0. The Hall–Kier alpha value is -1.66. The van der Waals surface area contributed by atoms with Gasteiger partial charge in [0.2, 0.25) is 0 Å². The van der Waals surface area contributed by atoms with E-state index < -0.39 is 23.9 Å². The SMILES string of the molecule is Cc1cc(C(O)C(O)CNC(=O)OC(C)(C)C)ccc1F. The zero-order valence-electron chi connectivity index (χ0n) is 12.7. The summed E-state index contributed by atoms with van der Waals surface area (Å²) in [6.45, 7) is 6.56. The lowest BCUT2D eigenvalue weighted by molar-refractivity contribution is 0.0129. The van der Waals surface area contributed by atoms with Crippen LogP contribution in [-0.2, 0) is 4.74 Å². The van der Waals surface area contributed by atoms with Gasteiger partial charge < -0.3 is 20.3 Å². The maximum atomic E-state index is 13.2. The van der Waals surface area contributed by atoms with Gasteiger partial charge in [-0.15, -0.1) is 0 Å². The minimum atomic E-state index is -1.22. The normalized spacial score (nSPS) is 14.4. The van der Waals surface area contributed by atoms with Gasteiger partial charge in [0, 0.05) is 6.54 Å². The van der Waals surface area contributed by atoms with Gasteiger partial charge in [-0.05, 0) is 44.9 Å². The Morgan fingerprint density at radius 3 is 2.52 bits per heavy atom. The fourth-order valence-corrected chi connectivity index (χ4v) is 1.69. The fourth-order valence-electron chi connectivity index (χ4n) is 1.69. The zero-order valence-corrected chi connectivity index (χ0v) is 12.7. The van der Waals surface area contributed by atoms with Crippen molar-refractivity contribution < 1.29 is 24.1 Å². The summed E-state index contributed by atoms with van der Waals surface area (Å²) >= 11 is 0. The van der Waals surface area contributed by atoms with Crippen LogP contribution in [0, 0.1) is 12.7 Å². The molecule has 0 aliphatic heterocycles. The highest BCUT2D eigenvalue weighted by atomic mass is 19.1. The lowest BCUT2D eigenvalue weighted by Gasteiger charge is -2.22. The summed E-state index contributed by atoms with van der Waals surface area (Å²) in [5.74, 6) is -0.382. The molecule has 21 heavy (non-hydrogen) atoms. The molecule has 0 fully saturated rings. The number of nitrogens with one attached hydrogen (secondary N) is 1. The largest absolute Gasteiger partial charge is 0.444 e. The third-order valence-electron chi connectivity index (χ3n) is 2.74. The van der Waals surface area contributed by atoms with Crippen LogP contribution < -0.4 is 5.32 Å². The van der Waals surface area contributed by atoms with Crippen LogP contribution in [0.25, 0.3) is 0 Å². The Bertz CT molecular complexity index is 499. The molecule has 0 bridgehead atoms. The minimum absolute atomic E-state index is 0.174. The monoisotopic (exact) mass is 299 g/mol. The molecule has 0 saturated carbocycles. The molecule has 2 atom stereocenters. The molecule has 0 radical (unpaired) electrons. The van der Waals surface area contributed by atoms with Crippen LogP contribution in [-0.4, -0.2) is 34.6 Å². The molecular weight excluding hydrogens is 277 g/mol. The second-order valence-electron chi connectivity index (χ2n) is 5.90. The van der Waals surface area contributed by atoms with E-state index in [0.717, 1.165) is 0 Å². The summed E-state index contributed by atoms with van der Waals surface area (Å²) in [5, 5.41) is 22.2. The summed E-state index contributed by atoms with van der Waals surface area (Å²) < 4.78 is 18.2. The third kappa shape index (κ3) is 5.69. The van der Waals surface area contributed by atoms with Crippen LogP contribution in [0.5, 0.6) is 0 Å². The number of carbonyl (C=O) groups excluding carboxylic acids is 1. The van der Waals surface area contributed by atoms with Crippen LogP contribution in [0.3, 0.4) is 0 Å². The van der Waals surface area contributed by atoms with E-state index >= 15 is 0 Å². The quantitative estimate of drug-likeness (QED) is 0.795. The number of aryl methyl sites for hydroxylation is 1. The summed E-state index contributed by atoms with van der Waals surface area (Å²) in [6, 6.07) is 4.07. The second-order valence-corrected chi connectivity index (χ2v) is 5.90. The molecule has 0 heterocycles. The number of ether oxygens (including phenoxy) is 1. The standard InChI is InChI=1S/C15H22FNO4/c1-9-7-10(5-6-11(9)16)13(19)12(18)8-17-14(20)21-15(2,3)4/h5-7,12-13,18-19H,8H2,1-4H3,(H,17,20). The van der Waals surface area contributed by atoms with Crippen molar-refractivity contribution in [3.63, 3.8) is 0 Å². The number of alkyl carbamates (subject to hydrolysis) is 1. The lowest BCUT2D eigenvalue weighted by atomic mass is 10.0. The Morgan fingerprint density at radius 2 is 2.00 bits per heavy atom. The molecule has 5 nitrogen and oxygen atoms in total. The summed E-state index contributed by atoms with van der Waals surface area (Å²) in [6.07, 6.45) is -3.12. The fraction of sp³-hybridized carbons (Fsp3) is 0.533. The van der Waals surface area contributed by atoms with Crippen LogP contribution in [0.1, 0.15) is 38.0 Å². The maximum Gasteiger partial charge on any atom is 0.407 e. The highest BCUT2D eigenvalue weighted by Gasteiger charge is 2.21. The highest BCUT2D eigenvalue weighted by Crippen LogP contribution is 2.19. The van der Waals surface area contributed by atoms with Gasteiger partial charge in [-0.2, -0.15) is 0 Å². The molecule has 1 rings (SSSR count). The Labute approximate surface area is 123 Å². The van der Waals surface area contributed by atoms with Crippen molar-refractivity contribution in [2.75, 3.05) is 6.54 Å². The van der Waals surface area contributed by atoms with Crippen molar-refractivity contribution in [3.8, 4) is 0 Å². The van der Waals surface area contributed by atoms with Crippen molar-refractivity contribution in [1.82, 2.24) is 5.32 Å². The van der Waals surface area contributed by atoms with Crippen LogP contribution in [0.15, 0.2) is 18.2 Å². The number of amides is 1. The van der Waals surface area contributed by atoms with Crippen molar-refractivity contribution in [3.05, 3.63) is 35.1 Å². The van der Waals surface area contributed by atoms with Gasteiger partial charge in [0.25, 0.3) is 0 Å². The number of aliphatic hydroxyl groups is 2. The number of aliphatic hydroxyl groups excluding tert-OH is 2. The molecule has 118 valence electrons. The van der Waals surface area contributed by atoms with Gasteiger partial charge in [-0.3, -0.25) is 0 Å². The first kappa shape index (κ1) is 17.4. The van der Waals surface area contributed by atoms with Gasteiger partial charge >= 0.3 is 6.09 Å². The third-order valence-corrected chi connectivity index (χ3v) is 2.74. The molecule has 1 amide bonds. The van der Waals surface area contributed by atoms with Crippen molar-refractivity contribution in [2.45, 2.75) is 45.5 Å². The van der Waals surface area contributed by atoms with E-state index in [1.807, 2.05) is 0 Å². The highest BCUT2D eigenvalue weighted by molar-refractivity contribution is 5.67. The van der Waals surface area contributed by atoms with Crippen LogP contribution >= 0.6 is 0 Å². The zero-order chi connectivity index (χ0) is 16.2. The Morgan fingerprint density at radius 1 is 1.38 bits per heavy atom. The molecule has 0 aliphatic rings. The number of rotatable bonds is 4. The Kier molecular flexibility index (Phi) is 5.69. The Balaban J connectivity index is 2.56. The van der Waals surface area contributed by atoms with Gasteiger partial charge in [-0.25, -0.2) is 9.18 Å². The predicted molar refractivity (Wildman–Crippen MR) is 76.3 cm³/mol. The van der Waals surface area contributed by atoms with Crippen molar-refractivity contribution in [2.24, 2.45) is 0 Å². The first-order valence-electron chi connectivity index (χ1n) is 6.69. The van der Waals surface area contributed by atoms with E-state index in [9.17, 15) is 19.4 Å². The second kappa shape index (κ2) is 6.87. The molecule has 0 saturated heterocycles. The van der Waals surface area contributed by atoms with E-state index in [1.54, 1.807) is 27.7 Å². The molecule has 6 heteroatoms. The maximum absolute atomic E-state index is 13.2. The molecular formula is C15H22FNO4. The van der Waals surface area contributed by atoms with Gasteiger partial charge in [0.1, 0.15) is 23.6 Å². The molecule has 0 aromatic heterocycles. The first-order chi connectivity index (χ1) is 9.60. The van der Waals surface area contributed by atoms with E-state index in [-0.39, 0.29) is 12.4 Å². The van der Waals surface area contributed by atoms with Gasteiger partial charge in [0.15, 0.2) is 0 Å². The summed E-state index contributed by atoms with van der Waals surface area (Å²) in [4.78, 5) is 11.4. The van der Waals surface area contributed by atoms with E-state index in [1.165, 1.54) is 18.2 Å². The van der Waals surface area contributed by atoms with E-state index in [0.29, 0.717) is 11.1 Å². The minimum Gasteiger partial charge on any atom is -0.444 e. The molecule has 0 aliphatic carbocycles. The number of carbonyl (C=O) groups is 1.